The third kappa shape index (κ3) is 3.39. The van der Waals surface area contributed by atoms with Crippen molar-refractivity contribution in [3.8, 4) is 11.6 Å². The van der Waals surface area contributed by atoms with Crippen LogP contribution in [0.5, 0.6) is 11.6 Å². The maximum atomic E-state index is 6.23. The van der Waals surface area contributed by atoms with Crippen LogP contribution in [0.3, 0.4) is 0 Å². The van der Waals surface area contributed by atoms with E-state index in [1.165, 1.54) is 6.33 Å². The third-order valence-electron chi connectivity index (χ3n) is 3.98. The number of aromatic nitrogens is 4. The van der Waals surface area contributed by atoms with Gasteiger partial charge >= 0.3 is 0 Å². The molecule has 4 rings (SSSR count). The van der Waals surface area contributed by atoms with Crippen molar-refractivity contribution in [3.05, 3.63) is 65.2 Å². The lowest BCUT2D eigenvalue weighted by atomic mass is 10.2. The largest absolute Gasteiger partial charge is 0.435 e. The van der Waals surface area contributed by atoms with Gasteiger partial charge in [0.25, 0.3) is 0 Å². The summed E-state index contributed by atoms with van der Waals surface area (Å²) < 4.78 is 6.90. The summed E-state index contributed by atoms with van der Waals surface area (Å²) in [6, 6.07) is 11.4. The van der Waals surface area contributed by atoms with E-state index in [4.69, 9.17) is 10.5 Å². The van der Waals surface area contributed by atoms with Crippen molar-refractivity contribution in [2.75, 3.05) is 11.1 Å². The quantitative estimate of drug-likeness (QED) is 0.495. The highest BCUT2D eigenvalue weighted by Crippen LogP contribution is 2.35. The van der Waals surface area contributed by atoms with Crippen LogP contribution in [0.1, 0.15) is 5.56 Å². The number of pyridine rings is 2. The Bertz CT molecular complexity index is 1130. The van der Waals surface area contributed by atoms with Crippen LogP contribution >= 0.6 is 15.9 Å². The molecule has 0 spiro atoms. The van der Waals surface area contributed by atoms with Gasteiger partial charge in [0.05, 0.1) is 0 Å². The number of nitrogens with one attached hydrogen (secondary N) is 1. The second-order valence-corrected chi connectivity index (χ2v) is 6.64. The van der Waals surface area contributed by atoms with E-state index in [1.807, 2.05) is 43.3 Å². The van der Waals surface area contributed by atoms with Crippen molar-refractivity contribution < 1.29 is 4.74 Å². The number of hydrogen-bond donors (Lipinski definition) is 2. The highest BCUT2D eigenvalue weighted by molar-refractivity contribution is 9.10. The van der Waals surface area contributed by atoms with Crippen molar-refractivity contribution in [2.24, 2.45) is 0 Å². The van der Waals surface area contributed by atoms with Gasteiger partial charge in [0.1, 0.15) is 23.3 Å². The number of fused-ring (bicyclic) bond motifs is 1. The number of nitrogens with zero attached hydrogens (tertiary/aromatic N) is 4. The van der Waals surface area contributed by atoms with E-state index in [0.717, 1.165) is 15.4 Å². The van der Waals surface area contributed by atoms with Crippen LogP contribution in [-0.4, -0.2) is 19.9 Å². The van der Waals surface area contributed by atoms with Gasteiger partial charge < -0.3 is 15.8 Å². The Morgan fingerprint density at radius 2 is 1.78 bits per heavy atom. The molecule has 3 heterocycles. The molecule has 0 aliphatic heterocycles. The zero-order valence-electron chi connectivity index (χ0n) is 14.3. The standard InChI is InChI=1S/C19H15BrN6O/c1-11-4-2-9-23-17(11)26-18-15(21)19(25-10-24-18)27-14-7-6-13(20)12-5-3-8-22-16(12)14/h2-10H,21H2,1H3,(H,23,24,25,26). The van der Waals surface area contributed by atoms with Crippen LogP contribution in [0, 0.1) is 6.92 Å². The van der Waals surface area contributed by atoms with Crippen molar-refractivity contribution in [1.82, 2.24) is 19.9 Å². The van der Waals surface area contributed by atoms with Gasteiger partial charge in [-0.05, 0) is 36.8 Å². The summed E-state index contributed by atoms with van der Waals surface area (Å²) >= 11 is 3.52. The molecular weight excluding hydrogens is 408 g/mol. The number of anilines is 3. The fourth-order valence-corrected chi connectivity index (χ4v) is 3.04. The first-order chi connectivity index (χ1) is 13.1. The lowest BCUT2D eigenvalue weighted by Crippen LogP contribution is -2.05. The van der Waals surface area contributed by atoms with E-state index in [1.54, 1.807) is 12.4 Å². The molecule has 0 radical (unpaired) electrons. The van der Waals surface area contributed by atoms with E-state index in [-0.39, 0.29) is 11.6 Å². The molecule has 0 unspecified atom stereocenters. The summed E-state index contributed by atoms with van der Waals surface area (Å²) in [5, 5.41) is 4.06. The fourth-order valence-electron chi connectivity index (χ4n) is 2.59. The highest BCUT2D eigenvalue weighted by atomic mass is 79.9. The Kier molecular flexibility index (Phi) is 4.55. The lowest BCUT2D eigenvalue weighted by molar-refractivity contribution is 0.469. The molecule has 134 valence electrons. The first kappa shape index (κ1) is 17.2. The maximum absolute atomic E-state index is 6.23. The summed E-state index contributed by atoms with van der Waals surface area (Å²) in [6.45, 7) is 1.95. The Hall–Kier alpha value is -3.26. The number of halogens is 1. The fraction of sp³-hybridized carbons (Fsp3) is 0.0526. The number of nitrogen functional groups attached to an aromatic ring is 1. The molecule has 0 aliphatic carbocycles. The monoisotopic (exact) mass is 422 g/mol. The molecule has 7 nitrogen and oxygen atoms in total. The Labute approximate surface area is 163 Å². The molecule has 0 bridgehead atoms. The SMILES string of the molecule is Cc1cccnc1Nc1ncnc(Oc2ccc(Br)c3cccnc23)c1N. The van der Waals surface area contributed by atoms with Crippen LogP contribution in [0.25, 0.3) is 10.9 Å². The number of hydrogen-bond acceptors (Lipinski definition) is 7. The van der Waals surface area contributed by atoms with Crippen molar-refractivity contribution in [1.29, 1.82) is 0 Å². The summed E-state index contributed by atoms with van der Waals surface area (Å²) in [4.78, 5) is 17.1. The summed E-state index contributed by atoms with van der Waals surface area (Å²) in [5.41, 5.74) is 8.20. The second-order valence-electron chi connectivity index (χ2n) is 5.78. The summed E-state index contributed by atoms with van der Waals surface area (Å²) in [6.07, 6.45) is 4.80. The van der Waals surface area contributed by atoms with Gasteiger partial charge in [0.15, 0.2) is 11.6 Å². The second kappa shape index (κ2) is 7.16. The minimum atomic E-state index is 0.246. The van der Waals surface area contributed by atoms with E-state index in [2.05, 4.69) is 41.2 Å². The molecule has 0 atom stereocenters. The lowest BCUT2D eigenvalue weighted by Gasteiger charge is -2.13. The number of ether oxygens (including phenoxy) is 1. The minimum absolute atomic E-state index is 0.246. The zero-order chi connectivity index (χ0) is 18.8. The van der Waals surface area contributed by atoms with Gasteiger partial charge in [-0.3, -0.25) is 4.98 Å². The predicted molar refractivity (Wildman–Crippen MR) is 108 cm³/mol. The first-order valence-electron chi connectivity index (χ1n) is 8.13. The molecule has 0 aliphatic rings. The zero-order valence-corrected chi connectivity index (χ0v) is 15.9. The summed E-state index contributed by atoms with van der Waals surface area (Å²) in [7, 11) is 0. The molecule has 8 heteroatoms. The number of aryl methyl sites for hydroxylation is 1. The molecule has 1 aromatic carbocycles. The number of nitrogens with two attached hydrogens (primary N) is 1. The van der Waals surface area contributed by atoms with Crippen LogP contribution < -0.4 is 15.8 Å². The minimum Gasteiger partial charge on any atom is -0.435 e. The van der Waals surface area contributed by atoms with Gasteiger partial charge in [0, 0.05) is 22.3 Å². The smallest absolute Gasteiger partial charge is 0.248 e. The highest BCUT2D eigenvalue weighted by Gasteiger charge is 2.14. The average molecular weight is 423 g/mol. The Balaban J connectivity index is 1.70. The van der Waals surface area contributed by atoms with E-state index in [0.29, 0.717) is 22.9 Å². The normalized spacial score (nSPS) is 10.7. The van der Waals surface area contributed by atoms with E-state index < -0.39 is 0 Å². The van der Waals surface area contributed by atoms with Gasteiger partial charge in [0.2, 0.25) is 5.88 Å². The molecular formula is C19H15BrN6O. The third-order valence-corrected chi connectivity index (χ3v) is 4.67. The van der Waals surface area contributed by atoms with Crippen LogP contribution in [-0.2, 0) is 0 Å². The molecule has 4 aromatic rings. The predicted octanol–water partition coefficient (Wildman–Crippen LogP) is 4.61. The molecule has 3 N–H and O–H groups in total. The maximum Gasteiger partial charge on any atom is 0.248 e. The first-order valence-corrected chi connectivity index (χ1v) is 8.93. The van der Waals surface area contributed by atoms with Gasteiger partial charge in [-0.15, -0.1) is 0 Å². The molecule has 0 fully saturated rings. The summed E-state index contributed by atoms with van der Waals surface area (Å²) in [5.74, 6) is 1.90. The Morgan fingerprint density at radius 1 is 0.963 bits per heavy atom. The average Bonchev–Trinajstić information content (AvgIpc) is 2.69. The molecule has 27 heavy (non-hydrogen) atoms. The van der Waals surface area contributed by atoms with Gasteiger partial charge in [-0.25, -0.2) is 9.97 Å². The number of rotatable bonds is 4. The van der Waals surface area contributed by atoms with E-state index in [9.17, 15) is 0 Å². The van der Waals surface area contributed by atoms with Crippen molar-refractivity contribution in [2.45, 2.75) is 6.92 Å². The van der Waals surface area contributed by atoms with Crippen molar-refractivity contribution in [3.63, 3.8) is 0 Å². The Morgan fingerprint density at radius 3 is 2.63 bits per heavy atom. The van der Waals surface area contributed by atoms with Crippen molar-refractivity contribution >= 4 is 44.2 Å². The van der Waals surface area contributed by atoms with Crippen LogP contribution in [0.2, 0.25) is 0 Å². The number of benzene rings is 1. The van der Waals surface area contributed by atoms with E-state index >= 15 is 0 Å². The topological polar surface area (TPSA) is 98.8 Å². The molecule has 3 aromatic heterocycles. The van der Waals surface area contributed by atoms with Gasteiger partial charge in [-0.2, -0.15) is 4.98 Å². The van der Waals surface area contributed by atoms with Gasteiger partial charge in [-0.1, -0.05) is 28.1 Å². The van der Waals surface area contributed by atoms with Crippen LogP contribution in [0.15, 0.2) is 59.6 Å². The molecule has 0 amide bonds. The van der Waals surface area contributed by atoms with Crippen LogP contribution in [0.4, 0.5) is 17.3 Å². The molecule has 0 saturated heterocycles. The molecule has 0 saturated carbocycles.